The molecule has 0 saturated heterocycles. The summed E-state index contributed by atoms with van der Waals surface area (Å²) in [7, 11) is 0. The minimum Gasteiger partial charge on any atom is -0.336 e. The fraction of sp³-hybridized carbons (Fsp3) is 0.333. The van der Waals surface area contributed by atoms with Crippen molar-refractivity contribution < 1.29 is 4.79 Å². The Balaban J connectivity index is 2.44. The standard InChI is InChI=1S/C9H8N2O/c10-4-9-3-7(6-12)5-11(9)8-1-2-8/h3,5-6,8H,1-2H2. The van der Waals surface area contributed by atoms with Crippen LogP contribution in [0, 0.1) is 11.3 Å². The summed E-state index contributed by atoms with van der Waals surface area (Å²) < 4.78 is 1.89. The van der Waals surface area contributed by atoms with Crippen LogP contribution < -0.4 is 0 Å². The number of nitrogens with zero attached hydrogens (tertiary/aromatic N) is 2. The molecule has 1 aromatic rings. The summed E-state index contributed by atoms with van der Waals surface area (Å²) in [5.74, 6) is 0. The SMILES string of the molecule is N#Cc1cc(C=O)cn1C1CC1. The topological polar surface area (TPSA) is 45.8 Å². The maximum absolute atomic E-state index is 10.4. The molecule has 0 amide bonds. The first-order valence-corrected chi connectivity index (χ1v) is 3.92. The van der Waals surface area contributed by atoms with Crippen molar-refractivity contribution in [3.8, 4) is 6.07 Å². The molecule has 1 aromatic heterocycles. The molecule has 0 aliphatic heterocycles. The van der Waals surface area contributed by atoms with Gasteiger partial charge in [0.05, 0.1) is 0 Å². The zero-order chi connectivity index (χ0) is 8.55. The molecule has 0 unspecified atom stereocenters. The number of nitriles is 1. The Kier molecular flexibility index (Phi) is 1.47. The van der Waals surface area contributed by atoms with Gasteiger partial charge in [0.15, 0.2) is 6.29 Å². The Hall–Kier alpha value is -1.56. The fourth-order valence-corrected chi connectivity index (χ4v) is 1.31. The molecular weight excluding hydrogens is 152 g/mol. The van der Waals surface area contributed by atoms with Crippen LogP contribution in [0.25, 0.3) is 0 Å². The smallest absolute Gasteiger partial charge is 0.151 e. The quantitative estimate of drug-likeness (QED) is 0.615. The zero-order valence-corrected chi connectivity index (χ0v) is 6.53. The molecule has 60 valence electrons. The fourth-order valence-electron chi connectivity index (χ4n) is 1.31. The van der Waals surface area contributed by atoms with Gasteiger partial charge in [-0.1, -0.05) is 0 Å². The first-order valence-electron chi connectivity index (χ1n) is 3.92. The lowest BCUT2D eigenvalue weighted by atomic mass is 10.3. The van der Waals surface area contributed by atoms with E-state index in [4.69, 9.17) is 5.26 Å². The molecule has 1 aliphatic carbocycles. The lowest BCUT2D eigenvalue weighted by Gasteiger charge is -1.98. The van der Waals surface area contributed by atoms with Crippen molar-refractivity contribution in [3.63, 3.8) is 0 Å². The summed E-state index contributed by atoms with van der Waals surface area (Å²) in [4.78, 5) is 10.4. The first-order chi connectivity index (χ1) is 5.85. The van der Waals surface area contributed by atoms with Crippen LogP contribution in [0.5, 0.6) is 0 Å². The van der Waals surface area contributed by atoms with Crippen molar-refractivity contribution in [2.75, 3.05) is 0 Å². The highest BCUT2D eigenvalue weighted by atomic mass is 16.1. The Morgan fingerprint density at radius 1 is 1.67 bits per heavy atom. The molecule has 0 N–H and O–H groups in total. The average Bonchev–Trinajstić information content (AvgIpc) is 2.85. The molecule has 0 radical (unpaired) electrons. The molecule has 1 saturated carbocycles. The first kappa shape index (κ1) is 7.11. The number of rotatable bonds is 2. The van der Waals surface area contributed by atoms with E-state index in [-0.39, 0.29) is 0 Å². The molecule has 3 nitrogen and oxygen atoms in total. The van der Waals surface area contributed by atoms with Gasteiger partial charge in [-0.3, -0.25) is 4.79 Å². The van der Waals surface area contributed by atoms with Crippen molar-refractivity contribution >= 4 is 6.29 Å². The van der Waals surface area contributed by atoms with E-state index in [9.17, 15) is 4.79 Å². The number of aromatic nitrogens is 1. The van der Waals surface area contributed by atoms with Gasteiger partial charge in [-0.2, -0.15) is 5.26 Å². The molecule has 3 heteroatoms. The average molecular weight is 160 g/mol. The van der Waals surface area contributed by atoms with Crippen LogP contribution in [-0.4, -0.2) is 10.9 Å². The molecule has 0 bridgehead atoms. The normalized spacial score (nSPS) is 15.6. The summed E-state index contributed by atoms with van der Waals surface area (Å²) in [6.07, 6.45) is 4.78. The van der Waals surface area contributed by atoms with Crippen LogP contribution in [0.1, 0.15) is 34.9 Å². The van der Waals surface area contributed by atoms with E-state index in [0.717, 1.165) is 19.1 Å². The van der Waals surface area contributed by atoms with Gasteiger partial charge in [0.25, 0.3) is 0 Å². The Bertz CT molecular complexity index is 355. The highest BCUT2D eigenvalue weighted by Gasteiger charge is 2.25. The number of carbonyl (C=O) groups is 1. The summed E-state index contributed by atoms with van der Waals surface area (Å²) >= 11 is 0. The third-order valence-electron chi connectivity index (χ3n) is 2.06. The van der Waals surface area contributed by atoms with E-state index in [1.807, 2.05) is 4.57 Å². The largest absolute Gasteiger partial charge is 0.336 e. The van der Waals surface area contributed by atoms with Gasteiger partial charge in [-0.15, -0.1) is 0 Å². The van der Waals surface area contributed by atoms with Gasteiger partial charge in [0, 0.05) is 17.8 Å². The van der Waals surface area contributed by atoms with Crippen molar-refractivity contribution in [1.82, 2.24) is 4.57 Å². The Morgan fingerprint density at radius 2 is 2.42 bits per heavy atom. The zero-order valence-electron chi connectivity index (χ0n) is 6.53. The second kappa shape index (κ2) is 2.49. The van der Waals surface area contributed by atoms with Crippen molar-refractivity contribution in [2.45, 2.75) is 18.9 Å². The van der Waals surface area contributed by atoms with Crippen LogP contribution in [0.3, 0.4) is 0 Å². The number of aldehydes is 1. The predicted molar refractivity (Wildman–Crippen MR) is 42.8 cm³/mol. The van der Waals surface area contributed by atoms with Gasteiger partial charge in [0.2, 0.25) is 0 Å². The molecule has 1 heterocycles. The Morgan fingerprint density at radius 3 is 2.92 bits per heavy atom. The van der Waals surface area contributed by atoms with E-state index in [1.165, 1.54) is 0 Å². The summed E-state index contributed by atoms with van der Waals surface area (Å²) in [6, 6.07) is 4.17. The molecule has 0 atom stereocenters. The van der Waals surface area contributed by atoms with Crippen LogP contribution in [0.15, 0.2) is 12.3 Å². The maximum Gasteiger partial charge on any atom is 0.151 e. The lowest BCUT2D eigenvalue weighted by Crippen LogP contribution is -1.93. The van der Waals surface area contributed by atoms with Crippen LogP contribution in [0.2, 0.25) is 0 Å². The van der Waals surface area contributed by atoms with Crippen molar-refractivity contribution in [3.05, 3.63) is 23.5 Å². The summed E-state index contributed by atoms with van der Waals surface area (Å²) in [6.45, 7) is 0. The van der Waals surface area contributed by atoms with E-state index >= 15 is 0 Å². The van der Waals surface area contributed by atoms with E-state index in [2.05, 4.69) is 6.07 Å². The highest BCUT2D eigenvalue weighted by Crippen LogP contribution is 2.36. The molecule has 1 fully saturated rings. The van der Waals surface area contributed by atoms with Crippen LogP contribution >= 0.6 is 0 Å². The van der Waals surface area contributed by atoms with Crippen LogP contribution in [-0.2, 0) is 0 Å². The molecule has 1 aliphatic rings. The number of carbonyl (C=O) groups excluding carboxylic acids is 1. The highest BCUT2D eigenvalue weighted by molar-refractivity contribution is 5.75. The van der Waals surface area contributed by atoms with E-state index < -0.39 is 0 Å². The molecule has 0 spiro atoms. The van der Waals surface area contributed by atoms with E-state index in [1.54, 1.807) is 12.3 Å². The maximum atomic E-state index is 10.4. The van der Waals surface area contributed by atoms with Gasteiger partial charge >= 0.3 is 0 Å². The molecule has 2 rings (SSSR count). The molecule has 0 aromatic carbocycles. The second-order valence-electron chi connectivity index (χ2n) is 3.03. The van der Waals surface area contributed by atoms with Gasteiger partial charge in [-0.05, 0) is 18.9 Å². The van der Waals surface area contributed by atoms with Crippen LogP contribution in [0.4, 0.5) is 0 Å². The van der Waals surface area contributed by atoms with Gasteiger partial charge in [-0.25, -0.2) is 0 Å². The lowest BCUT2D eigenvalue weighted by molar-refractivity contribution is 0.112. The van der Waals surface area contributed by atoms with E-state index in [0.29, 0.717) is 17.3 Å². The number of hydrogen-bond donors (Lipinski definition) is 0. The summed E-state index contributed by atoms with van der Waals surface area (Å²) in [5.41, 5.74) is 1.19. The van der Waals surface area contributed by atoms with Gasteiger partial charge in [0.1, 0.15) is 11.8 Å². The van der Waals surface area contributed by atoms with Crippen molar-refractivity contribution in [2.24, 2.45) is 0 Å². The van der Waals surface area contributed by atoms with Gasteiger partial charge < -0.3 is 4.57 Å². The minimum absolute atomic E-state index is 0.466. The third-order valence-corrected chi connectivity index (χ3v) is 2.06. The molecular formula is C9H8N2O. The monoisotopic (exact) mass is 160 g/mol. The predicted octanol–water partition coefficient (Wildman–Crippen LogP) is 1.51. The Labute approximate surface area is 70.2 Å². The van der Waals surface area contributed by atoms with Crippen molar-refractivity contribution in [1.29, 1.82) is 5.26 Å². The molecule has 12 heavy (non-hydrogen) atoms. The third kappa shape index (κ3) is 1.02. The number of hydrogen-bond acceptors (Lipinski definition) is 2. The minimum atomic E-state index is 0.466. The second-order valence-corrected chi connectivity index (χ2v) is 3.03. The summed E-state index contributed by atoms with van der Waals surface area (Å²) in [5, 5.41) is 8.72.